The van der Waals surface area contributed by atoms with Crippen LogP contribution in [0.2, 0.25) is 0 Å². The molecule has 0 bridgehead atoms. The Bertz CT molecular complexity index is 668. The van der Waals surface area contributed by atoms with Crippen molar-refractivity contribution >= 4 is 11.8 Å². The summed E-state index contributed by atoms with van der Waals surface area (Å²) in [6.45, 7) is 0.747. The molecular weight excluding hydrogens is 410 g/mol. The molecule has 1 saturated carbocycles. The number of thioether (sulfide) groups is 1. The molecular formula is C22H34F2N2O3S. The highest BCUT2D eigenvalue weighted by atomic mass is 32.2. The van der Waals surface area contributed by atoms with Crippen LogP contribution in [0.4, 0.5) is 8.78 Å². The molecule has 4 N–H and O–H groups in total. The van der Waals surface area contributed by atoms with Crippen molar-refractivity contribution in [2.24, 2.45) is 23.7 Å². The van der Waals surface area contributed by atoms with Gasteiger partial charge in [-0.2, -0.15) is 11.8 Å². The zero-order chi connectivity index (χ0) is 21.0. The molecule has 10 atom stereocenters. The van der Waals surface area contributed by atoms with Crippen LogP contribution >= 0.6 is 11.8 Å². The van der Waals surface area contributed by atoms with Crippen LogP contribution in [0.1, 0.15) is 44.9 Å². The number of allylic oxidation sites excluding steroid dienone is 2. The smallest absolute Gasteiger partial charge is 0.172 e. The van der Waals surface area contributed by atoms with E-state index >= 15 is 4.39 Å². The molecule has 0 amide bonds. The van der Waals surface area contributed by atoms with Crippen molar-refractivity contribution in [3.8, 4) is 0 Å². The van der Waals surface area contributed by atoms with Gasteiger partial charge in [0.2, 0.25) is 0 Å². The van der Waals surface area contributed by atoms with Crippen LogP contribution in [0.25, 0.3) is 0 Å². The Morgan fingerprint density at radius 2 is 1.90 bits per heavy atom. The molecule has 5 rings (SSSR count). The molecule has 2 aliphatic carbocycles. The summed E-state index contributed by atoms with van der Waals surface area (Å²) in [4.78, 5) is 1.87. The lowest BCUT2D eigenvalue weighted by Gasteiger charge is -2.43. The van der Waals surface area contributed by atoms with Crippen LogP contribution in [0.3, 0.4) is 0 Å². The normalized spacial score (nSPS) is 49.1. The number of aliphatic hydroxyl groups is 3. The minimum Gasteiger partial charge on any atom is -0.378 e. The number of rotatable bonds is 3. The van der Waals surface area contributed by atoms with Gasteiger partial charge in [0.15, 0.2) is 6.29 Å². The fraction of sp³-hybridized carbons (Fsp3) is 0.909. The van der Waals surface area contributed by atoms with E-state index in [1.54, 1.807) is 0 Å². The van der Waals surface area contributed by atoms with E-state index < -0.39 is 30.9 Å². The second-order valence-electron chi connectivity index (χ2n) is 9.85. The first-order chi connectivity index (χ1) is 14.5. The van der Waals surface area contributed by atoms with Crippen molar-refractivity contribution in [3.63, 3.8) is 0 Å². The highest BCUT2D eigenvalue weighted by molar-refractivity contribution is 8.00. The Hall–Kier alpha value is -0.410. The van der Waals surface area contributed by atoms with Gasteiger partial charge < -0.3 is 20.2 Å². The van der Waals surface area contributed by atoms with Crippen molar-refractivity contribution in [2.75, 3.05) is 12.3 Å². The summed E-state index contributed by atoms with van der Waals surface area (Å²) >= 11 is 1.96. The number of piperidine rings is 1. The number of fused-ring (bicyclic) bond motifs is 3. The third-order valence-electron chi connectivity index (χ3n) is 8.38. The average Bonchev–Trinajstić information content (AvgIpc) is 3.32. The largest absolute Gasteiger partial charge is 0.378 e. The number of hydrogen-bond acceptors (Lipinski definition) is 6. The third kappa shape index (κ3) is 3.51. The molecule has 3 saturated heterocycles. The predicted octanol–water partition coefficient (Wildman–Crippen LogP) is 2.17. The summed E-state index contributed by atoms with van der Waals surface area (Å²) in [5.41, 5.74) is 0.309. The summed E-state index contributed by atoms with van der Waals surface area (Å²) in [6.07, 6.45) is 1.67. The highest BCUT2D eigenvalue weighted by Gasteiger charge is 2.61. The minimum absolute atomic E-state index is 0.0300. The average molecular weight is 445 g/mol. The summed E-state index contributed by atoms with van der Waals surface area (Å²) in [5, 5.41) is 35.4. The van der Waals surface area contributed by atoms with Crippen LogP contribution in [0.15, 0.2) is 11.8 Å². The first kappa shape index (κ1) is 21.4. The quantitative estimate of drug-likeness (QED) is 0.500. The lowest BCUT2D eigenvalue weighted by Crippen LogP contribution is -2.52. The van der Waals surface area contributed by atoms with Gasteiger partial charge in [0.1, 0.15) is 18.6 Å². The SMILES string of the molecule is OC(O)C1C(C2CCCNC2O)C2C3SCCC3CCC2N1C1=CC(F)CCC1F. The molecule has 4 fully saturated rings. The van der Waals surface area contributed by atoms with Gasteiger partial charge in [0, 0.05) is 22.9 Å². The van der Waals surface area contributed by atoms with Gasteiger partial charge >= 0.3 is 0 Å². The fourth-order valence-electron chi connectivity index (χ4n) is 7.24. The van der Waals surface area contributed by atoms with Crippen LogP contribution in [0, 0.1) is 23.7 Å². The molecule has 30 heavy (non-hydrogen) atoms. The van der Waals surface area contributed by atoms with E-state index in [1.165, 1.54) is 12.5 Å². The zero-order valence-corrected chi connectivity index (χ0v) is 18.1. The Kier molecular flexibility index (Phi) is 6.08. The third-order valence-corrected chi connectivity index (χ3v) is 9.93. The van der Waals surface area contributed by atoms with E-state index in [2.05, 4.69) is 5.32 Å². The topological polar surface area (TPSA) is 76.0 Å². The second-order valence-corrected chi connectivity index (χ2v) is 11.1. The molecule has 0 radical (unpaired) electrons. The molecule has 170 valence electrons. The van der Waals surface area contributed by atoms with Crippen molar-refractivity contribution in [2.45, 2.75) is 87.1 Å². The van der Waals surface area contributed by atoms with Gasteiger partial charge in [-0.3, -0.25) is 5.32 Å². The van der Waals surface area contributed by atoms with Crippen LogP contribution in [-0.4, -0.2) is 74.7 Å². The molecule has 10 unspecified atom stereocenters. The van der Waals surface area contributed by atoms with E-state index in [-0.39, 0.29) is 36.6 Å². The standard InChI is InChI=1S/C22H34F2N2O3S/c23-12-4-5-14(24)16(10-12)26-15-6-3-11-7-9-30-20(11)18(15)17(19(26)22(28)29)13-2-1-8-25-21(13)27/h10-15,17-22,25,27-29H,1-9H2. The van der Waals surface area contributed by atoms with Crippen molar-refractivity contribution in [3.05, 3.63) is 11.8 Å². The summed E-state index contributed by atoms with van der Waals surface area (Å²) in [7, 11) is 0. The lowest BCUT2D eigenvalue weighted by molar-refractivity contribution is -0.117. The molecule has 5 nitrogen and oxygen atoms in total. The van der Waals surface area contributed by atoms with Gasteiger partial charge in [0.05, 0.1) is 6.04 Å². The van der Waals surface area contributed by atoms with Gasteiger partial charge in [-0.05, 0) is 81.1 Å². The Balaban J connectivity index is 1.58. The number of nitrogens with zero attached hydrogens (tertiary/aromatic N) is 1. The van der Waals surface area contributed by atoms with Gasteiger partial charge in [-0.25, -0.2) is 8.78 Å². The van der Waals surface area contributed by atoms with Crippen molar-refractivity contribution in [1.82, 2.24) is 10.2 Å². The summed E-state index contributed by atoms with van der Waals surface area (Å²) in [5.74, 6) is 1.56. The maximum absolute atomic E-state index is 15.1. The van der Waals surface area contributed by atoms with Crippen LogP contribution < -0.4 is 5.32 Å². The molecule has 0 aromatic rings. The number of likely N-dealkylation sites (tertiary alicyclic amines) is 1. The van der Waals surface area contributed by atoms with Gasteiger partial charge in [0.25, 0.3) is 0 Å². The van der Waals surface area contributed by atoms with Crippen LogP contribution in [0.5, 0.6) is 0 Å². The lowest BCUT2D eigenvalue weighted by atomic mass is 9.67. The molecule has 0 aromatic carbocycles. The number of aliphatic hydroxyl groups excluding tert-OH is 2. The van der Waals surface area contributed by atoms with E-state index in [0.29, 0.717) is 16.9 Å². The van der Waals surface area contributed by atoms with E-state index in [0.717, 1.165) is 38.0 Å². The summed E-state index contributed by atoms with van der Waals surface area (Å²) < 4.78 is 29.4. The molecule has 3 heterocycles. The number of nitrogens with one attached hydrogen (secondary N) is 1. The summed E-state index contributed by atoms with van der Waals surface area (Å²) in [6, 6.07) is -0.744. The number of alkyl halides is 2. The maximum Gasteiger partial charge on any atom is 0.172 e. The van der Waals surface area contributed by atoms with Crippen molar-refractivity contribution < 1.29 is 24.1 Å². The predicted molar refractivity (Wildman–Crippen MR) is 112 cm³/mol. The van der Waals surface area contributed by atoms with E-state index in [9.17, 15) is 19.7 Å². The molecule has 8 heteroatoms. The minimum atomic E-state index is -1.66. The van der Waals surface area contributed by atoms with Crippen LogP contribution in [-0.2, 0) is 0 Å². The molecule has 3 aliphatic heterocycles. The monoisotopic (exact) mass is 444 g/mol. The Morgan fingerprint density at radius 1 is 1.07 bits per heavy atom. The molecule has 0 spiro atoms. The number of halogens is 2. The first-order valence-electron chi connectivity index (χ1n) is 11.6. The van der Waals surface area contributed by atoms with E-state index in [4.69, 9.17) is 0 Å². The highest BCUT2D eigenvalue weighted by Crippen LogP contribution is 2.58. The fourth-order valence-corrected chi connectivity index (χ4v) is 9.08. The van der Waals surface area contributed by atoms with Crippen molar-refractivity contribution in [1.29, 1.82) is 0 Å². The zero-order valence-electron chi connectivity index (χ0n) is 17.2. The maximum atomic E-state index is 15.1. The number of hydrogen-bond donors (Lipinski definition) is 4. The molecule has 0 aromatic heterocycles. The second kappa shape index (κ2) is 8.50. The van der Waals surface area contributed by atoms with E-state index in [1.807, 2.05) is 16.7 Å². The molecule has 5 aliphatic rings. The van der Waals surface area contributed by atoms with Gasteiger partial charge in [-0.1, -0.05) is 0 Å². The Labute approximate surface area is 181 Å². The Morgan fingerprint density at radius 3 is 2.67 bits per heavy atom. The van der Waals surface area contributed by atoms with Gasteiger partial charge in [-0.15, -0.1) is 0 Å². The first-order valence-corrected chi connectivity index (χ1v) is 12.7.